The number of carbonyl (C=O) groups excluding carboxylic acids is 1. The van der Waals surface area contributed by atoms with Gasteiger partial charge in [-0.05, 0) is 42.5 Å². The molecule has 5 aromatic rings. The largest absolute Gasteiger partial charge is 0.326 e. The first kappa shape index (κ1) is 19.1. The molecule has 0 aliphatic carbocycles. The standard InChI is InChI=1S/C24H18N4O2S/c1-28-24(30)18-7-3-2-6-17(18)20(27-28)14-22(29)25-16-12-10-15(11-13-16)23-26-19-8-4-5-9-21(19)31-23/h2-13H,14H2,1H3,(H,25,29). The third kappa shape index (κ3) is 3.71. The van der Waals surface area contributed by atoms with Crippen LogP contribution in [0.1, 0.15) is 5.69 Å². The summed E-state index contributed by atoms with van der Waals surface area (Å²) in [6, 6.07) is 22.9. The zero-order chi connectivity index (χ0) is 21.4. The fourth-order valence-corrected chi connectivity index (χ4v) is 4.53. The number of nitrogens with one attached hydrogen (secondary N) is 1. The van der Waals surface area contributed by atoms with E-state index in [-0.39, 0.29) is 17.9 Å². The lowest BCUT2D eigenvalue weighted by Gasteiger charge is -2.09. The van der Waals surface area contributed by atoms with Crippen LogP contribution in [0.4, 0.5) is 5.69 Å². The highest BCUT2D eigenvalue weighted by molar-refractivity contribution is 7.21. The number of rotatable bonds is 4. The second-order valence-corrected chi connectivity index (χ2v) is 8.24. The smallest absolute Gasteiger partial charge is 0.274 e. The maximum atomic E-state index is 12.6. The van der Waals surface area contributed by atoms with Gasteiger partial charge in [0, 0.05) is 23.7 Å². The topological polar surface area (TPSA) is 76.9 Å². The van der Waals surface area contributed by atoms with Crippen LogP contribution in [0, 0.1) is 0 Å². The molecule has 0 atom stereocenters. The molecule has 2 aromatic heterocycles. The number of para-hydroxylation sites is 1. The average Bonchev–Trinajstić information content (AvgIpc) is 3.22. The third-order valence-corrected chi connectivity index (χ3v) is 6.16. The number of carbonyl (C=O) groups is 1. The van der Waals surface area contributed by atoms with Gasteiger partial charge >= 0.3 is 0 Å². The van der Waals surface area contributed by atoms with Crippen LogP contribution in [-0.2, 0) is 18.3 Å². The molecule has 5 rings (SSSR count). The first-order chi connectivity index (χ1) is 15.1. The number of fused-ring (bicyclic) bond motifs is 2. The van der Waals surface area contributed by atoms with Gasteiger partial charge in [0.25, 0.3) is 5.56 Å². The van der Waals surface area contributed by atoms with Gasteiger partial charge in [0.1, 0.15) is 5.01 Å². The van der Waals surface area contributed by atoms with Gasteiger partial charge in [-0.3, -0.25) is 9.59 Å². The Balaban J connectivity index is 1.35. The molecule has 0 fully saturated rings. The summed E-state index contributed by atoms with van der Waals surface area (Å²) in [4.78, 5) is 29.6. The summed E-state index contributed by atoms with van der Waals surface area (Å²) >= 11 is 1.64. The Morgan fingerprint density at radius 2 is 1.68 bits per heavy atom. The summed E-state index contributed by atoms with van der Waals surface area (Å²) < 4.78 is 2.42. The number of nitrogens with zero attached hydrogens (tertiary/aromatic N) is 3. The Kier molecular flexibility index (Phi) is 4.80. The zero-order valence-corrected chi connectivity index (χ0v) is 17.5. The van der Waals surface area contributed by atoms with E-state index in [1.165, 1.54) is 4.68 Å². The van der Waals surface area contributed by atoms with Gasteiger partial charge in [-0.1, -0.05) is 30.3 Å². The number of aromatic nitrogens is 3. The summed E-state index contributed by atoms with van der Waals surface area (Å²) in [5.74, 6) is -0.191. The molecule has 1 N–H and O–H groups in total. The van der Waals surface area contributed by atoms with E-state index in [4.69, 9.17) is 0 Å². The van der Waals surface area contributed by atoms with Crippen LogP contribution < -0.4 is 10.9 Å². The van der Waals surface area contributed by atoms with E-state index in [2.05, 4.69) is 21.5 Å². The zero-order valence-electron chi connectivity index (χ0n) is 16.7. The SMILES string of the molecule is Cn1nc(CC(=O)Nc2ccc(-c3nc4ccccc4s3)cc2)c2ccccc2c1=O. The quantitative estimate of drug-likeness (QED) is 0.462. The Labute approximate surface area is 181 Å². The van der Waals surface area contributed by atoms with Crippen molar-refractivity contribution in [2.24, 2.45) is 7.05 Å². The van der Waals surface area contributed by atoms with E-state index in [0.29, 0.717) is 22.2 Å². The summed E-state index contributed by atoms with van der Waals surface area (Å²) in [6.07, 6.45) is 0.0776. The third-order valence-electron chi connectivity index (χ3n) is 5.07. The van der Waals surface area contributed by atoms with Gasteiger partial charge in [-0.2, -0.15) is 5.10 Å². The average molecular weight is 427 g/mol. The Morgan fingerprint density at radius 3 is 2.45 bits per heavy atom. The van der Waals surface area contributed by atoms with Crippen LogP contribution in [0.5, 0.6) is 0 Å². The van der Waals surface area contributed by atoms with Gasteiger partial charge in [0.05, 0.1) is 27.7 Å². The van der Waals surface area contributed by atoms with E-state index in [9.17, 15) is 9.59 Å². The number of aryl methyl sites for hydroxylation is 1. The predicted molar refractivity (Wildman–Crippen MR) is 124 cm³/mol. The van der Waals surface area contributed by atoms with Gasteiger partial charge < -0.3 is 5.32 Å². The lowest BCUT2D eigenvalue weighted by atomic mass is 10.1. The van der Waals surface area contributed by atoms with Crippen molar-refractivity contribution in [2.45, 2.75) is 6.42 Å². The van der Waals surface area contributed by atoms with Gasteiger partial charge in [-0.25, -0.2) is 9.67 Å². The molecule has 0 aliphatic rings. The van der Waals surface area contributed by atoms with Crippen molar-refractivity contribution in [1.29, 1.82) is 0 Å². The normalized spacial score (nSPS) is 11.1. The minimum absolute atomic E-state index is 0.0776. The second-order valence-electron chi connectivity index (χ2n) is 7.21. The molecule has 0 saturated carbocycles. The van der Waals surface area contributed by atoms with E-state index in [0.717, 1.165) is 20.8 Å². The van der Waals surface area contributed by atoms with Crippen molar-refractivity contribution < 1.29 is 4.79 Å². The van der Waals surface area contributed by atoms with E-state index < -0.39 is 0 Å². The Bertz CT molecular complexity index is 1450. The lowest BCUT2D eigenvalue weighted by Crippen LogP contribution is -2.24. The Hall–Kier alpha value is -3.84. The number of anilines is 1. The fourth-order valence-electron chi connectivity index (χ4n) is 3.56. The molecule has 31 heavy (non-hydrogen) atoms. The summed E-state index contributed by atoms with van der Waals surface area (Å²) in [7, 11) is 1.59. The van der Waals surface area contributed by atoms with Crippen molar-refractivity contribution >= 4 is 43.9 Å². The fraction of sp³-hybridized carbons (Fsp3) is 0.0833. The molecule has 152 valence electrons. The molecule has 3 aromatic carbocycles. The van der Waals surface area contributed by atoms with E-state index >= 15 is 0 Å². The number of thiazole rings is 1. The predicted octanol–water partition coefficient (Wildman–Crippen LogP) is 4.39. The van der Waals surface area contributed by atoms with Crippen LogP contribution >= 0.6 is 11.3 Å². The maximum absolute atomic E-state index is 12.6. The minimum Gasteiger partial charge on any atom is -0.326 e. The summed E-state index contributed by atoms with van der Waals surface area (Å²) in [5, 5.41) is 9.41. The second kappa shape index (κ2) is 7.77. The van der Waals surface area contributed by atoms with Crippen molar-refractivity contribution in [3.63, 3.8) is 0 Å². The first-order valence-electron chi connectivity index (χ1n) is 9.79. The van der Waals surface area contributed by atoms with Gasteiger partial charge in [0.15, 0.2) is 0 Å². The monoisotopic (exact) mass is 426 g/mol. The van der Waals surface area contributed by atoms with Crippen LogP contribution in [0.25, 0.3) is 31.6 Å². The molecule has 0 unspecified atom stereocenters. The molecule has 7 heteroatoms. The maximum Gasteiger partial charge on any atom is 0.274 e. The van der Waals surface area contributed by atoms with Crippen molar-refractivity contribution in [3.05, 3.63) is 88.8 Å². The highest BCUT2D eigenvalue weighted by Gasteiger charge is 2.13. The lowest BCUT2D eigenvalue weighted by molar-refractivity contribution is -0.115. The van der Waals surface area contributed by atoms with E-state index in [1.54, 1.807) is 30.5 Å². The Morgan fingerprint density at radius 1 is 0.968 bits per heavy atom. The highest BCUT2D eigenvalue weighted by atomic mass is 32.1. The van der Waals surface area contributed by atoms with Crippen molar-refractivity contribution in [2.75, 3.05) is 5.32 Å². The molecule has 1 amide bonds. The van der Waals surface area contributed by atoms with E-state index in [1.807, 2.05) is 54.6 Å². The van der Waals surface area contributed by atoms with Crippen LogP contribution in [0.2, 0.25) is 0 Å². The molecule has 0 aliphatic heterocycles. The van der Waals surface area contributed by atoms with Gasteiger partial charge in [0.2, 0.25) is 5.91 Å². The van der Waals surface area contributed by atoms with Crippen LogP contribution in [-0.4, -0.2) is 20.7 Å². The van der Waals surface area contributed by atoms with Crippen LogP contribution in [0.15, 0.2) is 77.6 Å². The molecular weight excluding hydrogens is 408 g/mol. The molecule has 0 radical (unpaired) electrons. The number of amides is 1. The highest BCUT2D eigenvalue weighted by Crippen LogP contribution is 2.30. The molecule has 0 bridgehead atoms. The van der Waals surface area contributed by atoms with Crippen molar-refractivity contribution in [3.8, 4) is 10.6 Å². The molecule has 0 spiro atoms. The minimum atomic E-state index is -0.191. The summed E-state index contributed by atoms with van der Waals surface area (Å²) in [6.45, 7) is 0. The number of hydrogen-bond donors (Lipinski definition) is 1. The molecule has 6 nitrogen and oxygen atoms in total. The molecule has 0 saturated heterocycles. The van der Waals surface area contributed by atoms with Crippen molar-refractivity contribution in [1.82, 2.24) is 14.8 Å². The summed E-state index contributed by atoms with van der Waals surface area (Å²) in [5.41, 5.74) is 3.08. The number of hydrogen-bond acceptors (Lipinski definition) is 5. The molecule has 2 heterocycles. The first-order valence-corrected chi connectivity index (χ1v) is 10.6. The molecular formula is C24H18N4O2S. The van der Waals surface area contributed by atoms with Crippen LogP contribution in [0.3, 0.4) is 0 Å². The van der Waals surface area contributed by atoms with Gasteiger partial charge in [-0.15, -0.1) is 11.3 Å². The number of benzene rings is 3.